The molecule has 0 amide bonds. The Labute approximate surface area is 107 Å². The number of hydrogen-bond donors (Lipinski definition) is 1. The fraction of sp³-hybridized carbons (Fsp3) is 0.533. The molecular weight excluding hydrogens is 224 g/mol. The van der Waals surface area contributed by atoms with Crippen LogP contribution in [0.1, 0.15) is 42.9 Å². The summed E-state index contributed by atoms with van der Waals surface area (Å²) in [6.45, 7) is 4.24. The van der Waals surface area contributed by atoms with Gasteiger partial charge in [-0.3, -0.25) is 0 Å². The molecule has 2 atom stereocenters. The van der Waals surface area contributed by atoms with Crippen molar-refractivity contribution >= 4 is 11.0 Å². The van der Waals surface area contributed by atoms with Crippen molar-refractivity contribution < 1.29 is 5.11 Å². The van der Waals surface area contributed by atoms with Gasteiger partial charge >= 0.3 is 0 Å². The minimum Gasteiger partial charge on any atom is -0.391 e. The first-order chi connectivity index (χ1) is 8.66. The zero-order valence-corrected chi connectivity index (χ0v) is 11.1. The molecular formula is C15H20N2O. The zero-order valence-electron chi connectivity index (χ0n) is 11.1. The van der Waals surface area contributed by atoms with Crippen molar-refractivity contribution in [3.8, 4) is 0 Å². The molecule has 1 fully saturated rings. The van der Waals surface area contributed by atoms with Crippen LogP contribution in [0.4, 0.5) is 0 Å². The number of nitrogens with zero attached hydrogens (tertiary/aromatic N) is 2. The molecule has 1 aromatic carbocycles. The Morgan fingerprint density at radius 3 is 2.67 bits per heavy atom. The van der Waals surface area contributed by atoms with E-state index in [1.165, 1.54) is 17.5 Å². The number of hydrogen-bond acceptors (Lipinski definition) is 2. The van der Waals surface area contributed by atoms with Gasteiger partial charge in [0, 0.05) is 0 Å². The Bertz CT molecular complexity index is 573. The van der Waals surface area contributed by atoms with Crippen molar-refractivity contribution in [3.05, 3.63) is 29.6 Å². The van der Waals surface area contributed by atoms with E-state index in [-0.39, 0.29) is 12.1 Å². The monoisotopic (exact) mass is 244 g/mol. The van der Waals surface area contributed by atoms with Gasteiger partial charge in [-0.1, -0.05) is 12.8 Å². The predicted molar refractivity (Wildman–Crippen MR) is 72.7 cm³/mol. The SMILES string of the molecule is Cc1cc2ncn([C@@H]3CCCC[C@H]3O)c2cc1C. The lowest BCUT2D eigenvalue weighted by Gasteiger charge is -2.29. The van der Waals surface area contributed by atoms with Crippen molar-refractivity contribution in [2.24, 2.45) is 0 Å². The minimum atomic E-state index is -0.224. The smallest absolute Gasteiger partial charge is 0.0961 e. The number of rotatable bonds is 1. The van der Waals surface area contributed by atoms with Crippen molar-refractivity contribution in [2.75, 3.05) is 0 Å². The first-order valence-electron chi connectivity index (χ1n) is 6.78. The van der Waals surface area contributed by atoms with Crippen LogP contribution in [-0.2, 0) is 0 Å². The Kier molecular flexibility index (Phi) is 2.86. The standard InChI is InChI=1S/C15H20N2O/c1-10-7-12-14(8-11(10)2)17(9-16-12)13-5-3-4-6-15(13)18/h7-9,13,15,18H,3-6H2,1-2H3/t13-,15-/m1/s1. The van der Waals surface area contributed by atoms with Crippen LogP contribution >= 0.6 is 0 Å². The fourth-order valence-electron chi connectivity index (χ4n) is 2.96. The lowest BCUT2D eigenvalue weighted by molar-refractivity contribution is 0.0773. The van der Waals surface area contributed by atoms with Gasteiger partial charge in [0.15, 0.2) is 0 Å². The summed E-state index contributed by atoms with van der Waals surface area (Å²) < 4.78 is 2.17. The summed E-state index contributed by atoms with van der Waals surface area (Å²) in [4.78, 5) is 4.48. The third kappa shape index (κ3) is 1.83. The number of aliphatic hydroxyl groups is 1. The molecule has 3 nitrogen and oxygen atoms in total. The topological polar surface area (TPSA) is 38.0 Å². The maximum absolute atomic E-state index is 10.2. The summed E-state index contributed by atoms with van der Waals surface area (Å²) in [7, 11) is 0. The molecule has 0 bridgehead atoms. The number of aromatic nitrogens is 2. The van der Waals surface area contributed by atoms with Gasteiger partial charge in [-0.2, -0.15) is 0 Å². The van der Waals surface area contributed by atoms with Crippen LogP contribution in [0, 0.1) is 13.8 Å². The largest absolute Gasteiger partial charge is 0.391 e. The van der Waals surface area contributed by atoms with Gasteiger partial charge in [0.25, 0.3) is 0 Å². The maximum atomic E-state index is 10.2. The molecule has 1 saturated carbocycles. The van der Waals surface area contributed by atoms with Gasteiger partial charge in [0.2, 0.25) is 0 Å². The minimum absolute atomic E-state index is 0.200. The van der Waals surface area contributed by atoms with Gasteiger partial charge in [-0.25, -0.2) is 4.98 Å². The van der Waals surface area contributed by atoms with Crippen molar-refractivity contribution in [2.45, 2.75) is 51.7 Å². The maximum Gasteiger partial charge on any atom is 0.0961 e. The van der Waals surface area contributed by atoms with Crippen LogP contribution in [0.15, 0.2) is 18.5 Å². The fourth-order valence-corrected chi connectivity index (χ4v) is 2.96. The number of aryl methyl sites for hydroxylation is 2. The first-order valence-corrected chi connectivity index (χ1v) is 6.78. The quantitative estimate of drug-likeness (QED) is 0.837. The molecule has 18 heavy (non-hydrogen) atoms. The van der Waals surface area contributed by atoms with Gasteiger partial charge in [-0.15, -0.1) is 0 Å². The van der Waals surface area contributed by atoms with E-state index in [2.05, 4.69) is 35.5 Å². The molecule has 3 heteroatoms. The van der Waals surface area contributed by atoms with E-state index in [9.17, 15) is 5.11 Å². The third-order valence-electron chi connectivity index (χ3n) is 4.24. The highest BCUT2D eigenvalue weighted by Crippen LogP contribution is 2.31. The highest BCUT2D eigenvalue weighted by molar-refractivity contribution is 5.77. The number of benzene rings is 1. The molecule has 1 aliphatic rings. The van der Waals surface area contributed by atoms with Crippen LogP contribution < -0.4 is 0 Å². The molecule has 1 aromatic heterocycles. The summed E-state index contributed by atoms with van der Waals surface area (Å²) in [5.74, 6) is 0. The van der Waals surface area contributed by atoms with Crippen molar-refractivity contribution in [1.82, 2.24) is 9.55 Å². The summed E-state index contributed by atoms with van der Waals surface area (Å²) in [5.41, 5.74) is 4.76. The molecule has 1 N–H and O–H groups in total. The molecule has 1 aliphatic carbocycles. The van der Waals surface area contributed by atoms with E-state index in [0.717, 1.165) is 30.3 Å². The second-order valence-electron chi connectivity index (χ2n) is 5.50. The summed E-state index contributed by atoms with van der Waals surface area (Å²) in [6.07, 6.45) is 5.98. The van der Waals surface area contributed by atoms with Gasteiger partial charge < -0.3 is 9.67 Å². The molecule has 3 rings (SSSR count). The third-order valence-corrected chi connectivity index (χ3v) is 4.24. The lowest BCUT2D eigenvalue weighted by Crippen LogP contribution is -2.27. The van der Waals surface area contributed by atoms with Gasteiger partial charge in [0.1, 0.15) is 0 Å². The molecule has 0 saturated heterocycles. The molecule has 0 aliphatic heterocycles. The average molecular weight is 244 g/mol. The summed E-state index contributed by atoms with van der Waals surface area (Å²) in [6, 6.07) is 4.53. The number of imidazole rings is 1. The molecule has 0 radical (unpaired) electrons. The normalized spacial score (nSPS) is 24.6. The molecule has 1 heterocycles. The van der Waals surface area contributed by atoms with Crippen LogP contribution in [0.5, 0.6) is 0 Å². The molecule has 96 valence electrons. The van der Waals surface area contributed by atoms with E-state index < -0.39 is 0 Å². The Balaban J connectivity index is 2.09. The zero-order chi connectivity index (χ0) is 12.7. The van der Waals surface area contributed by atoms with Crippen LogP contribution in [0.25, 0.3) is 11.0 Å². The Morgan fingerprint density at radius 1 is 1.17 bits per heavy atom. The Morgan fingerprint density at radius 2 is 1.89 bits per heavy atom. The van der Waals surface area contributed by atoms with Gasteiger partial charge in [0.05, 0.1) is 29.5 Å². The van der Waals surface area contributed by atoms with Crippen LogP contribution in [-0.4, -0.2) is 20.8 Å². The van der Waals surface area contributed by atoms with E-state index in [1.807, 2.05) is 6.33 Å². The first kappa shape index (κ1) is 11.7. The predicted octanol–water partition coefficient (Wildman–Crippen LogP) is 3.13. The molecule has 0 unspecified atom stereocenters. The second kappa shape index (κ2) is 4.39. The van der Waals surface area contributed by atoms with Crippen molar-refractivity contribution in [3.63, 3.8) is 0 Å². The van der Waals surface area contributed by atoms with Crippen LogP contribution in [0.3, 0.4) is 0 Å². The lowest BCUT2D eigenvalue weighted by atomic mass is 9.92. The van der Waals surface area contributed by atoms with Crippen molar-refractivity contribution in [1.29, 1.82) is 0 Å². The van der Waals surface area contributed by atoms with Crippen LogP contribution in [0.2, 0.25) is 0 Å². The second-order valence-corrected chi connectivity index (χ2v) is 5.50. The molecule has 2 aromatic rings. The number of fused-ring (bicyclic) bond motifs is 1. The molecule has 0 spiro atoms. The number of aliphatic hydroxyl groups excluding tert-OH is 1. The van der Waals surface area contributed by atoms with E-state index in [1.54, 1.807) is 0 Å². The van der Waals surface area contributed by atoms with E-state index in [0.29, 0.717) is 0 Å². The van der Waals surface area contributed by atoms with E-state index in [4.69, 9.17) is 0 Å². The highest BCUT2D eigenvalue weighted by atomic mass is 16.3. The highest BCUT2D eigenvalue weighted by Gasteiger charge is 2.25. The summed E-state index contributed by atoms with van der Waals surface area (Å²) in [5, 5.41) is 10.2. The Hall–Kier alpha value is -1.35. The summed E-state index contributed by atoms with van der Waals surface area (Å²) >= 11 is 0. The van der Waals surface area contributed by atoms with Gasteiger partial charge in [-0.05, 0) is 49.9 Å². The average Bonchev–Trinajstić information content (AvgIpc) is 2.73. The van der Waals surface area contributed by atoms with E-state index >= 15 is 0 Å².